The van der Waals surface area contributed by atoms with E-state index >= 15 is 0 Å². The highest BCUT2D eigenvalue weighted by Crippen LogP contribution is 2.28. The molecule has 1 fully saturated rings. The molecule has 34 heavy (non-hydrogen) atoms. The number of benzene rings is 1. The van der Waals surface area contributed by atoms with Crippen LogP contribution in [0.2, 0.25) is 0 Å². The summed E-state index contributed by atoms with van der Waals surface area (Å²) in [5.74, 6) is 1.07. The van der Waals surface area contributed by atoms with Gasteiger partial charge in [-0.25, -0.2) is 9.97 Å². The monoisotopic (exact) mass is 454 g/mol. The van der Waals surface area contributed by atoms with Crippen molar-refractivity contribution in [3.63, 3.8) is 0 Å². The standard InChI is InChI=1S/C25H26N8O/c26-14-17-6-8-19(9-7-17)33-13-12-20-22(15-33)27-16-28-24(20)30-23-11-10-21(31-32-23)25(34)29-18-4-2-1-3-5-18/h6-11,16,18H,1-5,12-13,15H2,(H,29,34)(H,27,28,30,32). The number of nitrogens with one attached hydrogen (secondary N) is 2. The summed E-state index contributed by atoms with van der Waals surface area (Å²) in [6, 6.07) is 13.4. The third-order valence-corrected chi connectivity index (χ3v) is 6.45. The Bertz CT molecular complexity index is 1200. The molecule has 1 aromatic carbocycles. The zero-order valence-corrected chi connectivity index (χ0v) is 18.9. The van der Waals surface area contributed by atoms with Crippen LogP contribution in [0.15, 0.2) is 42.7 Å². The fraction of sp³-hybridized carbons (Fsp3) is 0.360. The van der Waals surface area contributed by atoms with Crippen LogP contribution >= 0.6 is 0 Å². The normalized spacial score (nSPS) is 15.8. The molecule has 1 aliphatic carbocycles. The van der Waals surface area contributed by atoms with Gasteiger partial charge in [0.25, 0.3) is 5.91 Å². The number of nitrogens with zero attached hydrogens (tertiary/aromatic N) is 6. The molecule has 2 aromatic heterocycles. The summed E-state index contributed by atoms with van der Waals surface area (Å²) in [4.78, 5) is 23.6. The molecule has 1 saturated carbocycles. The number of carbonyl (C=O) groups is 1. The summed E-state index contributed by atoms with van der Waals surface area (Å²) < 4.78 is 0. The van der Waals surface area contributed by atoms with Gasteiger partial charge in [-0.05, 0) is 55.7 Å². The van der Waals surface area contributed by atoms with Crippen LogP contribution in [-0.2, 0) is 13.0 Å². The predicted molar refractivity (Wildman–Crippen MR) is 128 cm³/mol. The van der Waals surface area contributed by atoms with Crippen LogP contribution < -0.4 is 15.5 Å². The predicted octanol–water partition coefficient (Wildman–Crippen LogP) is 3.51. The number of carbonyl (C=O) groups excluding carboxylic acids is 1. The van der Waals surface area contributed by atoms with Crippen molar-refractivity contribution < 1.29 is 4.79 Å². The zero-order chi connectivity index (χ0) is 23.3. The molecule has 2 N–H and O–H groups in total. The van der Waals surface area contributed by atoms with E-state index in [9.17, 15) is 4.79 Å². The van der Waals surface area contributed by atoms with Gasteiger partial charge in [0.05, 0.1) is 23.9 Å². The van der Waals surface area contributed by atoms with Gasteiger partial charge in [-0.2, -0.15) is 5.26 Å². The second kappa shape index (κ2) is 9.83. The minimum atomic E-state index is -0.173. The molecule has 172 valence electrons. The van der Waals surface area contributed by atoms with Gasteiger partial charge in [-0.1, -0.05) is 19.3 Å². The Balaban J connectivity index is 1.25. The third kappa shape index (κ3) is 4.81. The first kappa shape index (κ1) is 21.8. The van der Waals surface area contributed by atoms with Gasteiger partial charge in [0.15, 0.2) is 11.5 Å². The lowest BCUT2D eigenvalue weighted by atomic mass is 9.95. The highest BCUT2D eigenvalue weighted by atomic mass is 16.2. The molecule has 0 unspecified atom stereocenters. The molecule has 9 heteroatoms. The summed E-state index contributed by atoms with van der Waals surface area (Å²) in [6.07, 6.45) is 7.94. The number of nitriles is 1. The molecule has 3 heterocycles. The van der Waals surface area contributed by atoms with Crippen LogP contribution in [0.5, 0.6) is 0 Å². The van der Waals surface area contributed by atoms with E-state index in [0.29, 0.717) is 29.4 Å². The maximum atomic E-state index is 12.5. The smallest absolute Gasteiger partial charge is 0.272 e. The maximum absolute atomic E-state index is 12.5. The number of hydrogen-bond donors (Lipinski definition) is 2. The number of amides is 1. The first-order valence-electron chi connectivity index (χ1n) is 11.7. The number of aromatic nitrogens is 4. The molecule has 0 spiro atoms. The van der Waals surface area contributed by atoms with Gasteiger partial charge in [0, 0.05) is 23.8 Å². The van der Waals surface area contributed by atoms with E-state index in [-0.39, 0.29) is 11.9 Å². The largest absolute Gasteiger partial charge is 0.365 e. The minimum Gasteiger partial charge on any atom is -0.365 e. The topological polar surface area (TPSA) is 120 Å². The molecule has 1 amide bonds. The van der Waals surface area contributed by atoms with Gasteiger partial charge in [-0.3, -0.25) is 4.79 Å². The Labute approximate surface area is 198 Å². The molecule has 0 saturated heterocycles. The summed E-state index contributed by atoms with van der Waals surface area (Å²) in [5, 5.41) is 23.6. The Morgan fingerprint density at radius 3 is 2.59 bits per heavy atom. The van der Waals surface area contributed by atoms with Crippen molar-refractivity contribution in [3.8, 4) is 6.07 Å². The highest BCUT2D eigenvalue weighted by Gasteiger charge is 2.22. The van der Waals surface area contributed by atoms with E-state index in [1.165, 1.54) is 6.42 Å². The van der Waals surface area contributed by atoms with E-state index in [1.54, 1.807) is 18.5 Å². The Hall–Kier alpha value is -4.06. The molecule has 5 rings (SSSR count). The Morgan fingerprint density at radius 2 is 1.85 bits per heavy atom. The van der Waals surface area contributed by atoms with Gasteiger partial charge >= 0.3 is 0 Å². The van der Waals surface area contributed by atoms with Gasteiger partial charge in [0.1, 0.15) is 12.1 Å². The van der Waals surface area contributed by atoms with Crippen LogP contribution in [0.25, 0.3) is 0 Å². The van der Waals surface area contributed by atoms with Crippen LogP contribution in [0.3, 0.4) is 0 Å². The molecule has 0 radical (unpaired) electrons. The fourth-order valence-corrected chi connectivity index (χ4v) is 4.58. The molecule has 9 nitrogen and oxygen atoms in total. The first-order valence-corrected chi connectivity index (χ1v) is 11.7. The van der Waals surface area contributed by atoms with Crippen LogP contribution in [0.1, 0.15) is 59.4 Å². The van der Waals surface area contributed by atoms with Crippen molar-refractivity contribution in [2.75, 3.05) is 16.8 Å². The molecular weight excluding hydrogens is 428 g/mol. The summed E-state index contributed by atoms with van der Waals surface area (Å²) in [5.41, 5.74) is 4.02. The number of fused-ring (bicyclic) bond motifs is 1. The molecular formula is C25H26N8O. The first-order chi connectivity index (χ1) is 16.7. The minimum absolute atomic E-state index is 0.173. The molecule has 2 aliphatic rings. The van der Waals surface area contributed by atoms with Crippen molar-refractivity contribution in [1.29, 1.82) is 5.26 Å². The summed E-state index contributed by atoms with van der Waals surface area (Å²) >= 11 is 0. The average molecular weight is 455 g/mol. The van der Waals surface area contributed by atoms with Gasteiger partial charge < -0.3 is 15.5 Å². The van der Waals surface area contributed by atoms with Crippen molar-refractivity contribution in [2.45, 2.75) is 51.1 Å². The molecule has 1 aliphatic heterocycles. The second-order valence-corrected chi connectivity index (χ2v) is 8.71. The van der Waals surface area contributed by atoms with Gasteiger partial charge in [0.2, 0.25) is 0 Å². The number of rotatable bonds is 5. The van der Waals surface area contributed by atoms with E-state index in [2.05, 4.69) is 41.8 Å². The summed E-state index contributed by atoms with van der Waals surface area (Å²) in [6.45, 7) is 1.47. The van der Waals surface area contributed by atoms with E-state index in [4.69, 9.17) is 5.26 Å². The average Bonchev–Trinajstić information content (AvgIpc) is 2.89. The van der Waals surface area contributed by atoms with E-state index < -0.39 is 0 Å². The van der Waals surface area contributed by atoms with Crippen LogP contribution in [0, 0.1) is 11.3 Å². The van der Waals surface area contributed by atoms with Crippen LogP contribution in [-0.4, -0.2) is 38.7 Å². The SMILES string of the molecule is N#Cc1ccc(N2CCc3c(ncnc3Nc3ccc(C(=O)NC4CCCCC4)nn3)C2)cc1. The van der Waals surface area contributed by atoms with Gasteiger partial charge in [-0.15, -0.1) is 10.2 Å². The fourth-order valence-electron chi connectivity index (χ4n) is 4.58. The molecule has 0 atom stereocenters. The van der Waals surface area contributed by atoms with Crippen molar-refractivity contribution in [3.05, 3.63) is 65.2 Å². The van der Waals surface area contributed by atoms with Crippen molar-refractivity contribution in [1.82, 2.24) is 25.5 Å². The maximum Gasteiger partial charge on any atom is 0.272 e. The quantitative estimate of drug-likeness (QED) is 0.601. The lowest BCUT2D eigenvalue weighted by molar-refractivity contribution is 0.0921. The Morgan fingerprint density at radius 1 is 1.03 bits per heavy atom. The lowest BCUT2D eigenvalue weighted by Gasteiger charge is -2.30. The van der Waals surface area contributed by atoms with E-state index in [1.807, 2.05) is 24.3 Å². The Kier molecular flexibility index (Phi) is 6.29. The summed E-state index contributed by atoms with van der Waals surface area (Å²) in [7, 11) is 0. The third-order valence-electron chi connectivity index (χ3n) is 6.45. The van der Waals surface area contributed by atoms with Crippen molar-refractivity contribution >= 4 is 23.2 Å². The lowest BCUT2D eigenvalue weighted by Crippen LogP contribution is -2.36. The van der Waals surface area contributed by atoms with Crippen LogP contribution in [0.4, 0.5) is 17.3 Å². The number of anilines is 3. The molecule has 0 bridgehead atoms. The zero-order valence-electron chi connectivity index (χ0n) is 18.9. The second-order valence-electron chi connectivity index (χ2n) is 8.71. The van der Waals surface area contributed by atoms with E-state index in [0.717, 1.165) is 55.6 Å². The van der Waals surface area contributed by atoms with Crippen molar-refractivity contribution in [2.24, 2.45) is 0 Å². The number of hydrogen-bond acceptors (Lipinski definition) is 8. The molecule has 3 aromatic rings. The highest BCUT2D eigenvalue weighted by molar-refractivity contribution is 5.92.